The summed E-state index contributed by atoms with van der Waals surface area (Å²) in [7, 11) is 0. The van der Waals surface area contributed by atoms with E-state index in [1.54, 1.807) is 6.07 Å². The minimum Gasteiger partial charge on any atom is -0.390 e. The number of anilines is 1. The zero-order chi connectivity index (χ0) is 15.9. The van der Waals surface area contributed by atoms with Gasteiger partial charge in [-0.2, -0.15) is 0 Å². The van der Waals surface area contributed by atoms with Gasteiger partial charge in [-0.15, -0.1) is 0 Å². The van der Waals surface area contributed by atoms with E-state index in [-0.39, 0.29) is 6.54 Å². The van der Waals surface area contributed by atoms with Gasteiger partial charge in [0.25, 0.3) is 0 Å². The summed E-state index contributed by atoms with van der Waals surface area (Å²) in [6, 6.07) is 5.24. The number of amides is 2. The average Bonchev–Trinajstić information content (AvgIpc) is 2.48. The smallest absolute Gasteiger partial charge is 0.319 e. The number of hydrogen-bond acceptors (Lipinski definition) is 3. The Hall–Kier alpha value is -1.66. The molecule has 1 aromatic rings. The molecule has 0 aromatic heterocycles. The van der Waals surface area contributed by atoms with Crippen molar-refractivity contribution in [2.24, 2.45) is 5.92 Å². The summed E-state index contributed by atoms with van der Waals surface area (Å²) in [6.45, 7) is 4.97. The molecule has 0 saturated carbocycles. The van der Waals surface area contributed by atoms with Crippen LogP contribution in [0.5, 0.6) is 0 Å². The number of urea groups is 1. The summed E-state index contributed by atoms with van der Waals surface area (Å²) in [6.07, 6.45) is 1.70. The van der Waals surface area contributed by atoms with Crippen LogP contribution < -0.4 is 10.6 Å². The van der Waals surface area contributed by atoms with Crippen LogP contribution in [0.25, 0.3) is 0 Å². The van der Waals surface area contributed by atoms with Crippen molar-refractivity contribution >= 4 is 11.7 Å². The van der Waals surface area contributed by atoms with Crippen molar-refractivity contribution in [2.75, 3.05) is 31.5 Å². The second-order valence-corrected chi connectivity index (χ2v) is 5.98. The number of nitrogens with one attached hydrogen (secondary N) is 2. The van der Waals surface area contributed by atoms with Crippen molar-refractivity contribution in [3.8, 4) is 0 Å². The second-order valence-electron chi connectivity index (χ2n) is 5.98. The third-order valence-corrected chi connectivity index (χ3v) is 3.93. The SMILES string of the molecule is CC1CCN(CC(O)CNC(=O)Nc2cccc(F)c2)CC1. The van der Waals surface area contributed by atoms with Gasteiger partial charge in [0.05, 0.1) is 6.10 Å². The first-order valence-corrected chi connectivity index (χ1v) is 7.74. The van der Waals surface area contributed by atoms with Crippen molar-refractivity contribution < 1.29 is 14.3 Å². The first-order valence-electron chi connectivity index (χ1n) is 7.74. The second kappa shape index (κ2) is 8.10. The van der Waals surface area contributed by atoms with Crippen LogP contribution in [0.4, 0.5) is 14.9 Å². The molecular formula is C16H24FN3O2. The van der Waals surface area contributed by atoms with Gasteiger partial charge >= 0.3 is 6.03 Å². The highest BCUT2D eigenvalue weighted by molar-refractivity contribution is 5.89. The monoisotopic (exact) mass is 309 g/mol. The molecule has 1 aliphatic heterocycles. The maximum atomic E-state index is 13.0. The van der Waals surface area contributed by atoms with E-state index >= 15 is 0 Å². The van der Waals surface area contributed by atoms with Crippen molar-refractivity contribution in [3.63, 3.8) is 0 Å². The van der Waals surface area contributed by atoms with Gasteiger partial charge in [-0.1, -0.05) is 13.0 Å². The number of rotatable bonds is 5. The minimum absolute atomic E-state index is 0.174. The lowest BCUT2D eigenvalue weighted by molar-refractivity contribution is 0.0924. The fourth-order valence-electron chi connectivity index (χ4n) is 2.56. The van der Waals surface area contributed by atoms with E-state index in [1.165, 1.54) is 18.2 Å². The number of hydrogen-bond donors (Lipinski definition) is 3. The number of benzene rings is 1. The number of piperidine rings is 1. The Labute approximate surface area is 130 Å². The van der Waals surface area contributed by atoms with Gasteiger partial charge in [-0.25, -0.2) is 9.18 Å². The molecule has 1 saturated heterocycles. The van der Waals surface area contributed by atoms with Crippen LogP contribution in [-0.4, -0.2) is 48.3 Å². The molecule has 1 unspecified atom stereocenters. The van der Waals surface area contributed by atoms with Crippen LogP contribution >= 0.6 is 0 Å². The molecule has 2 amide bonds. The molecular weight excluding hydrogens is 285 g/mol. The Morgan fingerprint density at radius 1 is 1.45 bits per heavy atom. The molecule has 22 heavy (non-hydrogen) atoms. The molecule has 1 atom stereocenters. The fourth-order valence-corrected chi connectivity index (χ4v) is 2.56. The molecule has 122 valence electrons. The third kappa shape index (κ3) is 5.61. The van der Waals surface area contributed by atoms with E-state index < -0.39 is 18.0 Å². The summed E-state index contributed by atoms with van der Waals surface area (Å²) < 4.78 is 13.0. The lowest BCUT2D eigenvalue weighted by Crippen LogP contribution is -2.43. The number of halogens is 1. The van der Waals surface area contributed by atoms with Gasteiger partial charge in [0.15, 0.2) is 0 Å². The minimum atomic E-state index is -0.605. The van der Waals surface area contributed by atoms with Crippen LogP contribution in [0.2, 0.25) is 0 Å². The Balaban J connectivity index is 1.67. The summed E-state index contributed by atoms with van der Waals surface area (Å²) in [4.78, 5) is 13.9. The standard InChI is InChI=1S/C16H24FN3O2/c1-12-5-7-20(8-6-12)11-15(21)10-18-16(22)19-14-4-2-3-13(17)9-14/h2-4,9,12,15,21H,5-8,10-11H2,1H3,(H2,18,19,22). The molecule has 0 radical (unpaired) electrons. The highest BCUT2D eigenvalue weighted by atomic mass is 19.1. The summed E-state index contributed by atoms with van der Waals surface area (Å²) in [5.41, 5.74) is 0.386. The predicted molar refractivity (Wildman–Crippen MR) is 84.3 cm³/mol. The number of aliphatic hydroxyl groups is 1. The van der Waals surface area contributed by atoms with Gasteiger partial charge in [0.2, 0.25) is 0 Å². The van der Waals surface area contributed by atoms with E-state index in [9.17, 15) is 14.3 Å². The molecule has 6 heteroatoms. The molecule has 3 N–H and O–H groups in total. The Morgan fingerprint density at radius 2 is 2.18 bits per heavy atom. The van der Waals surface area contributed by atoms with Gasteiger partial charge in [-0.05, 0) is 50.0 Å². The van der Waals surface area contributed by atoms with Crippen LogP contribution in [0.1, 0.15) is 19.8 Å². The van der Waals surface area contributed by atoms with E-state index in [0.717, 1.165) is 31.8 Å². The largest absolute Gasteiger partial charge is 0.390 e. The van der Waals surface area contributed by atoms with Crippen molar-refractivity contribution in [3.05, 3.63) is 30.1 Å². The Kier molecular flexibility index (Phi) is 6.15. The number of carbonyl (C=O) groups excluding carboxylic acids is 1. The maximum Gasteiger partial charge on any atom is 0.319 e. The van der Waals surface area contributed by atoms with Crippen LogP contribution in [0, 0.1) is 11.7 Å². The van der Waals surface area contributed by atoms with Gasteiger partial charge in [0, 0.05) is 18.8 Å². The summed E-state index contributed by atoms with van der Waals surface area (Å²) >= 11 is 0. The maximum absolute atomic E-state index is 13.0. The first kappa shape index (κ1) is 16.7. The molecule has 1 aliphatic rings. The van der Waals surface area contributed by atoms with Crippen molar-refractivity contribution in [1.29, 1.82) is 0 Å². The van der Waals surface area contributed by atoms with Crippen LogP contribution in [0.3, 0.4) is 0 Å². The predicted octanol–water partition coefficient (Wildman–Crippen LogP) is 2.04. The van der Waals surface area contributed by atoms with Gasteiger partial charge < -0.3 is 20.6 Å². The lowest BCUT2D eigenvalue weighted by Gasteiger charge is -2.31. The third-order valence-electron chi connectivity index (χ3n) is 3.93. The highest BCUT2D eigenvalue weighted by Crippen LogP contribution is 2.15. The zero-order valence-corrected chi connectivity index (χ0v) is 12.9. The molecule has 0 aliphatic carbocycles. The van der Waals surface area contributed by atoms with E-state index in [4.69, 9.17) is 0 Å². The normalized spacial score (nSPS) is 18.0. The molecule has 2 rings (SSSR count). The summed E-state index contributed by atoms with van der Waals surface area (Å²) in [5, 5.41) is 15.1. The Bertz CT molecular complexity index is 490. The van der Waals surface area contributed by atoms with Crippen molar-refractivity contribution in [1.82, 2.24) is 10.2 Å². The molecule has 1 fully saturated rings. The Morgan fingerprint density at radius 3 is 2.86 bits per heavy atom. The molecule has 0 bridgehead atoms. The number of likely N-dealkylation sites (tertiary alicyclic amines) is 1. The molecule has 1 heterocycles. The highest BCUT2D eigenvalue weighted by Gasteiger charge is 2.18. The van der Waals surface area contributed by atoms with E-state index in [1.807, 2.05) is 0 Å². The fraction of sp³-hybridized carbons (Fsp3) is 0.562. The molecule has 1 aromatic carbocycles. The van der Waals surface area contributed by atoms with Crippen LogP contribution in [-0.2, 0) is 0 Å². The average molecular weight is 309 g/mol. The van der Waals surface area contributed by atoms with Gasteiger partial charge in [0.1, 0.15) is 5.82 Å². The van der Waals surface area contributed by atoms with E-state index in [0.29, 0.717) is 12.2 Å². The van der Waals surface area contributed by atoms with Crippen molar-refractivity contribution in [2.45, 2.75) is 25.9 Å². The van der Waals surface area contributed by atoms with Gasteiger partial charge in [-0.3, -0.25) is 0 Å². The topological polar surface area (TPSA) is 64.6 Å². The number of nitrogens with zero attached hydrogens (tertiary/aromatic N) is 1. The number of aliphatic hydroxyl groups excluding tert-OH is 1. The zero-order valence-electron chi connectivity index (χ0n) is 12.9. The lowest BCUT2D eigenvalue weighted by atomic mass is 9.99. The molecule has 0 spiro atoms. The van der Waals surface area contributed by atoms with Crippen LogP contribution in [0.15, 0.2) is 24.3 Å². The quantitative estimate of drug-likeness (QED) is 0.780. The van der Waals surface area contributed by atoms with E-state index in [2.05, 4.69) is 22.5 Å². The molecule has 5 nitrogen and oxygen atoms in total. The first-order chi connectivity index (χ1) is 10.5. The summed E-state index contributed by atoms with van der Waals surface area (Å²) in [5.74, 6) is 0.348. The number of carbonyl (C=O) groups is 1. The number of β-amino-alcohol motifs (C(OH)–C–C–N with tert-alkyl or cyclic N) is 1.